The maximum absolute atomic E-state index is 2.87. The lowest BCUT2D eigenvalue weighted by molar-refractivity contribution is -0.195. The molecule has 0 radical (unpaired) electrons. The summed E-state index contributed by atoms with van der Waals surface area (Å²) in [5, 5.41) is 0. The summed E-state index contributed by atoms with van der Waals surface area (Å²) in [7, 11) is 0. The van der Waals surface area contributed by atoms with Gasteiger partial charge in [0.05, 0.1) is 0 Å². The highest BCUT2D eigenvalue weighted by atomic mass is 14.7. The molecule has 0 saturated heterocycles. The monoisotopic (exact) mass is 452 g/mol. The van der Waals surface area contributed by atoms with Crippen LogP contribution in [0.2, 0.25) is 0 Å². The molecule has 5 rings (SSSR count). The first-order valence-corrected chi connectivity index (χ1v) is 14.8. The summed E-state index contributed by atoms with van der Waals surface area (Å²) >= 11 is 0. The van der Waals surface area contributed by atoms with Gasteiger partial charge in [-0.2, -0.15) is 0 Å². The first kappa shape index (κ1) is 24.4. The third kappa shape index (κ3) is 2.82. The highest BCUT2D eigenvalue weighted by molar-refractivity contribution is 5.34. The van der Waals surface area contributed by atoms with E-state index in [1.54, 1.807) is 0 Å². The van der Waals surface area contributed by atoms with Gasteiger partial charge in [-0.1, -0.05) is 87.8 Å². The minimum absolute atomic E-state index is 0.400. The zero-order valence-corrected chi connectivity index (χ0v) is 24.2. The molecule has 33 heavy (non-hydrogen) atoms. The maximum atomic E-state index is 2.87. The quantitative estimate of drug-likeness (QED) is 0.321. The first-order chi connectivity index (χ1) is 15.1. The Morgan fingerprint density at radius 3 is 2.03 bits per heavy atom. The molecule has 0 spiro atoms. The van der Waals surface area contributed by atoms with Crippen molar-refractivity contribution in [1.29, 1.82) is 0 Å². The van der Waals surface area contributed by atoms with E-state index in [1.807, 2.05) is 5.57 Å². The Morgan fingerprint density at radius 2 is 1.36 bits per heavy atom. The zero-order chi connectivity index (χ0) is 24.4. The van der Waals surface area contributed by atoms with E-state index >= 15 is 0 Å². The van der Waals surface area contributed by atoms with E-state index in [0.717, 1.165) is 35.5 Å². The van der Waals surface area contributed by atoms with Gasteiger partial charge in [0.25, 0.3) is 0 Å². The summed E-state index contributed by atoms with van der Waals surface area (Å²) in [6, 6.07) is 0. The molecule has 4 fully saturated rings. The predicted molar refractivity (Wildman–Crippen MR) is 143 cm³/mol. The number of hydrogen-bond acceptors (Lipinski definition) is 0. The second-order valence-corrected chi connectivity index (χ2v) is 16.4. The van der Waals surface area contributed by atoms with Crippen molar-refractivity contribution in [2.75, 3.05) is 0 Å². The van der Waals surface area contributed by atoms with Crippen LogP contribution >= 0.6 is 0 Å². The van der Waals surface area contributed by atoms with Crippen LogP contribution in [0.5, 0.6) is 0 Å². The molecule has 4 saturated carbocycles. The Bertz CT molecular complexity index is 844. The van der Waals surface area contributed by atoms with Crippen LogP contribution in [0.1, 0.15) is 128 Å². The molecule has 0 aromatic carbocycles. The maximum Gasteiger partial charge on any atom is -0.00565 e. The Hall–Kier alpha value is -0.260. The van der Waals surface area contributed by atoms with Crippen LogP contribution in [0.3, 0.4) is 0 Å². The molecule has 0 aliphatic heterocycles. The fourth-order valence-electron chi connectivity index (χ4n) is 11.6. The fraction of sp³-hybridized carbons (Fsp3) is 0.939. The first-order valence-electron chi connectivity index (χ1n) is 14.8. The van der Waals surface area contributed by atoms with Gasteiger partial charge >= 0.3 is 0 Å². The lowest BCUT2D eigenvalue weighted by Crippen LogP contribution is -2.64. The molecular weight excluding hydrogens is 396 g/mol. The van der Waals surface area contributed by atoms with Crippen molar-refractivity contribution in [2.24, 2.45) is 68.0 Å². The van der Waals surface area contributed by atoms with E-state index in [0.29, 0.717) is 32.5 Å². The fourth-order valence-corrected chi connectivity index (χ4v) is 11.6. The number of fused-ring (bicyclic) bond motifs is 7. The third-order valence-corrected chi connectivity index (χ3v) is 15.2. The molecule has 10 unspecified atom stereocenters. The topological polar surface area (TPSA) is 0 Å². The average Bonchev–Trinajstić information content (AvgIpc) is 2.72. The van der Waals surface area contributed by atoms with Crippen molar-refractivity contribution in [2.45, 2.75) is 128 Å². The summed E-state index contributed by atoms with van der Waals surface area (Å²) in [5.74, 6) is 5.06. The van der Waals surface area contributed by atoms with Crippen LogP contribution in [0.15, 0.2) is 11.6 Å². The van der Waals surface area contributed by atoms with E-state index in [-0.39, 0.29) is 0 Å². The lowest BCUT2D eigenvalue weighted by Gasteiger charge is -2.72. The summed E-state index contributed by atoms with van der Waals surface area (Å²) in [4.78, 5) is 0. The Morgan fingerprint density at radius 1 is 0.697 bits per heavy atom. The normalized spacial score (nSPS) is 57.1. The molecule has 5 aliphatic carbocycles. The van der Waals surface area contributed by atoms with Crippen molar-refractivity contribution in [3.8, 4) is 0 Å². The van der Waals surface area contributed by atoms with E-state index < -0.39 is 0 Å². The SMILES string of the molecule is CC1C(C)C2(C)CCC3(C)C(=CCC4C5(C)CCC(C)C(C)(C)C5CCC43C)C2CC1(C)C. The smallest absolute Gasteiger partial charge is 0.00565 e. The van der Waals surface area contributed by atoms with Gasteiger partial charge in [0, 0.05) is 0 Å². The Balaban J connectivity index is 1.58. The minimum atomic E-state index is 0.400. The van der Waals surface area contributed by atoms with Gasteiger partial charge < -0.3 is 0 Å². The van der Waals surface area contributed by atoms with Gasteiger partial charge in [0.2, 0.25) is 0 Å². The lowest BCUT2D eigenvalue weighted by atomic mass is 9.32. The van der Waals surface area contributed by atoms with Gasteiger partial charge in [-0.05, 0) is 119 Å². The number of allylic oxidation sites excluding steroid dienone is 2. The zero-order valence-electron chi connectivity index (χ0n) is 24.2. The van der Waals surface area contributed by atoms with Crippen LogP contribution in [0, 0.1) is 68.0 Å². The molecule has 0 N–H and O–H groups in total. The highest BCUT2D eigenvalue weighted by Gasteiger charge is 2.68. The van der Waals surface area contributed by atoms with E-state index in [1.165, 1.54) is 51.4 Å². The van der Waals surface area contributed by atoms with Crippen molar-refractivity contribution >= 4 is 0 Å². The molecule has 0 aromatic heterocycles. The molecular formula is C33H56. The Labute approximate surface area is 207 Å². The number of rotatable bonds is 0. The van der Waals surface area contributed by atoms with Gasteiger partial charge in [-0.15, -0.1) is 0 Å². The van der Waals surface area contributed by atoms with Gasteiger partial charge in [0.15, 0.2) is 0 Å². The Kier molecular flexibility index (Phi) is 5.14. The molecule has 0 amide bonds. The van der Waals surface area contributed by atoms with Crippen LogP contribution < -0.4 is 0 Å². The van der Waals surface area contributed by atoms with E-state index in [2.05, 4.69) is 82.2 Å². The van der Waals surface area contributed by atoms with Crippen LogP contribution in [0.4, 0.5) is 0 Å². The van der Waals surface area contributed by atoms with Gasteiger partial charge in [-0.25, -0.2) is 0 Å². The van der Waals surface area contributed by atoms with Gasteiger partial charge in [-0.3, -0.25) is 0 Å². The van der Waals surface area contributed by atoms with Crippen molar-refractivity contribution in [1.82, 2.24) is 0 Å². The second-order valence-electron chi connectivity index (χ2n) is 16.4. The molecule has 0 nitrogen and oxygen atoms in total. The molecule has 0 aromatic rings. The second kappa shape index (κ2) is 6.94. The summed E-state index contributed by atoms with van der Waals surface area (Å²) in [6.07, 6.45) is 14.3. The molecule has 0 bridgehead atoms. The standard InChI is InChI=1S/C33H56/c1-21-14-16-31(9)26(29(21,6)7)15-17-33(11)27(31)13-12-24-25-20-28(4,5)22(2)23(3)30(25,8)18-19-32(24,33)10/h12,21-23,25-27H,13-20H2,1-11H3. The molecule has 0 heterocycles. The summed E-state index contributed by atoms with van der Waals surface area (Å²) in [5.41, 5.74) is 4.74. The average molecular weight is 453 g/mol. The minimum Gasteiger partial charge on any atom is -0.0841 e. The number of hydrogen-bond donors (Lipinski definition) is 0. The van der Waals surface area contributed by atoms with Crippen LogP contribution in [-0.2, 0) is 0 Å². The van der Waals surface area contributed by atoms with Crippen molar-refractivity contribution in [3.05, 3.63) is 11.6 Å². The molecule has 188 valence electrons. The molecule has 0 heteroatoms. The van der Waals surface area contributed by atoms with Crippen molar-refractivity contribution in [3.63, 3.8) is 0 Å². The van der Waals surface area contributed by atoms with Crippen LogP contribution in [-0.4, -0.2) is 0 Å². The molecule has 10 atom stereocenters. The van der Waals surface area contributed by atoms with Gasteiger partial charge in [0.1, 0.15) is 0 Å². The van der Waals surface area contributed by atoms with Crippen LogP contribution in [0.25, 0.3) is 0 Å². The van der Waals surface area contributed by atoms with E-state index in [9.17, 15) is 0 Å². The summed E-state index contributed by atoms with van der Waals surface area (Å²) in [6.45, 7) is 29.0. The molecule has 5 aliphatic rings. The van der Waals surface area contributed by atoms with Crippen molar-refractivity contribution < 1.29 is 0 Å². The third-order valence-electron chi connectivity index (χ3n) is 15.2. The highest BCUT2D eigenvalue weighted by Crippen LogP contribution is 2.76. The van der Waals surface area contributed by atoms with E-state index in [4.69, 9.17) is 0 Å². The largest absolute Gasteiger partial charge is 0.0841 e. The predicted octanol–water partition coefficient (Wildman–Crippen LogP) is 9.94. The summed E-state index contributed by atoms with van der Waals surface area (Å²) < 4.78 is 0.